The molecule has 2 heterocycles. The van der Waals surface area contributed by atoms with Crippen LogP contribution in [0.5, 0.6) is 0 Å². The Morgan fingerprint density at radius 3 is 2.35 bits per heavy atom. The number of nitrogens with one attached hydrogen (secondary N) is 1. The van der Waals surface area contributed by atoms with Gasteiger partial charge >= 0.3 is 0 Å². The molecule has 154 valence electrons. The van der Waals surface area contributed by atoms with Gasteiger partial charge in [0.15, 0.2) is 5.96 Å². The fraction of sp³-hybridized carbons (Fsp3) is 0.947. The van der Waals surface area contributed by atoms with Crippen molar-refractivity contribution in [2.45, 2.75) is 45.6 Å². The molecule has 2 aliphatic rings. The fourth-order valence-electron chi connectivity index (χ4n) is 3.60. The molecule has 0 unspecified atom stereocenters. The molecule has 26 heavy (non-hydrogen) atoms. The molecule has 0 aromatic carbocycles. The Hall–Kier alpha value is -0.120. The predicted octanol–water partition coefficient (Wildman–Crippen LogP) is 2.10. The molecule has 6 nitrogen and oxygen atoms in total. The second kappa shape index (κ2) is 14.0. The van der Waals surface area contributed by atoms with E-state index >= 15 is 0 Å². The summed E-state index contributed by atoms with van der Waals surface area (Å²) < 4.78 is 5.75. The summed E-state index contributed by atoms with van der Waals surface area (Å²) in [6.45, 7) is 15.1. The summed E-state index contributed by atoms with van der Waals surface area (Å²) in [7, 11) is 2.21. The van der Waals surface area contributed by atoms with Gasteiger partial charge < -0.3 is 24.8 Å². The molecule has 2 fully saturated rings. The lowest BCUT2D eigenvalue weighted by Gasteiger charge is -2.34. The first-order valence-corrected chi connectivity index (χ1v) is 10.3. The van der Waals surface area contributed by atoms with Gasteiger partial charge in [0.25, 0.3) is 0 Å². The molecule has 0 bridgehead atoms. The molecule has 0 amide bonds. The van der Waals surface area contributed by atoms with Crippen LogP contribution in [-0.2, 0) is 4.74 Å². The summed E-state index contributed by atoms with van der Waals surface area (Å²) in [5, 5.41) is 3.46. The van der Waals surface area contributed by atoms with Crippen molar-refractivity contribution in [3.05, 3.63) is 0 Å². The smallest absolute Gasteiger partial charge is 0.193 e. The summed E-state index contributed by atoms with van der Waals surface area (Å²) in [5.41, 5.74) is 0. The molecular formula is C19H40IN5O. The fourth-order valence-corrected chi connectivity index (χ4v) is 3.60. The van der Waals surface area contributed by atoms with Crippen LogP contribution in [0, 0.1) is 0 Å². The zero-order chi connectivity index (χ0) is 17.9. The number of guanidine groups is 1. The molecule has 0 spiro atoms. The SMILES string of the molecule is CCNC(=NCCCCN1CCN(C)CC1)N1CCC(OCC)CC1.I. The monoisotopic (exact) mass is 481 g/mol. The first kappa shape index (κ1) is 23.9. The van der Waals surface area contributed by atoms with Crippen LogP contribution in [0.3, 0.4) is 0 Å². The summed E-state index contributed by atoms with van der Waals surface area (Å²) in [4.78, 5) is 12.3. The zero-order valence-corrected chi connectivity index (χ0v) is 19.4. The standard InChI is InChI=1S/C19H39N5O.HI/c1-4-20-19(24-12-8-18(9-13-24)25-5-2)21-10-6-7-11-23-16-14-22(3)15-17-23;/h18H,4-17H2,1-3H3,(H,20,21);1H. The number of hydrogen-bond acceptors (Lipinski definition) is 4. The Morgan fingerprint density at radius 1 is 1.04 bits per heavy atom. The number of piperidine rings is 1. The van der Waals surface area contributed by atoms with Crippen LogP contribution in [0.2, 0.25) is 0 Å². The van der Waals surface area contributed by atoms with E-state index in [1.165, 1.54) is 45.6 Å². The van der Waals surface area contributed by atoms with Crippen molar-refractivity contribution >= 4 is 29.9 Å². The average Bonchev–Trinajstić information content (AvgIpc) is 2.63. The van der Waals surface area contributed by atoms with Gasteiger partial charge in [-0.15, -0.1) is 24.0 Å². The highest BCUT2D eigenvalue weighted by molar-refractivity contribution is 14.0. The molecule has 1 N–H and O–H groups in total. The first-order valence-electron chi connectivity index (χ1n) is 10.3. The van der Waals surface area contributed by atoms with E-state index in [4.69, 9.17) is 9.73 Å². The van der Waals surface area contributed by atoms with Crippen LogP contribution in [-0.4, -0.2) is 99.3 Å². The number of hydrogen-bond donors (Lipinski definition) is 1. The highest BCUT2D eigenvalue weighted by atomic mass is 127. The van der Waals surface area contributed by atoms with Crippen LogP contribution >= 0.6 is 24.0 Å². The lowest BCUT2D eigenvalue weighted by atomic mass is 10.1. The molecule has 2 aliphatic heterocycles. The maximum Gasteiger partial charge on any atom is 0.193 e. The second-order valence-electron chi connectivity index (χ2n) is 7.23. The van der Waals surface area contributed by atoms with Gasteiger partial charge in [0.2, 0.25) is 0 Å². The van der Waals surface area contributed by atoms with Crippen molar-refractivity contribution in [2.75, 3.05) is 72.6 Å². The summed E-state index contributed by atoms with van der Waals surface area (Å²) in [5.74, 6) is 1.09. The molecule has 0 aliphatic carbocycles. The molecule has 0 aromatic heterocycles. The average molecular weight is 481 g/mol. The van der Waals surface area contributed by atoms with Crippen molar-refractivity contribution in [3.8, 4) is 0 Å². The van der Waals surface area contributed by atoms with Gasteiger partial charge in [0.1, 0.15) is 0 Å². The van der Waals surface area contributed by atoms with Crippen molar-refractivity contribution in [1.82, 2.24) is 20.0 Å². The molecule has 0 saturated carbocycles. The Bertz CT molecular complexity index is 380. The number of ether oxygens (including phenoxy) is 1. The van der Waals surface area contributed by atoms with E-state index in [0.717, 1.165) is 51.6 Å². The third-order valence-electron chi connectivity index (χ3n) is 5.22. The first-order chi connectivity index (χ1) is 12.2. The third kappa shape index (κ3) is 8.71. The molecular weight excluding hydrogens is 441 g/mol. The molecule has 0 radical (unpaired) electrons. The normalized spacial score (nSPS) is 20.9. The number of likely N-dealkylation sites (N-methyl/N-ethyl adjacent to an activating group) is 1. The molecule has 2 rings (SSSR count). The third-order valence-corrected chi connectivity index (χ3v) is 5.22. The van der Waals surface area contributed by atoms with E-state index in [2.05, 4.69) is 40.9 Å². The second-order valence-corrected chi connectivity index (χ2v) is 7.23. The Morgan fingerprint density at radius 2 is 1.73 bits per heavy atom. The van der Waals surface area contributed by atoms with Crippen LogP contribution in [0.15, 0.2) is 4.99 Å². The van der Waals surface area contributed by atoms with Gasteiger partial charge in [-0.3, -0.25) is 4.99 Å². The van der Waals surface area contributed by atoms with Gasteiger partial charge in [-0.05, 0) is 53.1 Å². The zero-order valence-electron chi connectivity index (χ0n) is 17.1. The minimum Gasteiger partial charge on any atom is -0.378 e. The van der Waals surface area contributed by atoms with Crippen molar-refractivity contribution < 1.29 is 4.74 Å². The van der Waals surface area contributed by atoms with E-state index < -0.39 is 0 Å². The molecule has 0 aromatic rings. The van der Waals surface area contributed by atoms with Crippen LogP contribution < -0.4 is 5.32 Å². The van der Waals surface area contributed by atoms with E-state index in [9.17, 15) is 0 Å². The van der Waals surface area contributed by atoms with Gasteiger partial charge in [0, 0.05) is 59.0 Å². The van der Waals surface area contributed by atoms with E-state index in [-0.39, 0.29) is 24.0 Å². The van der Waals surface area contributed by atoms with E-state index in [1.54, 1.807) is 0 Å². The Balaban J connectivity index is 0.00000338. The van der Waals surface area contributed by atoms with Crippen molar-refractivity contribution in [3.63, 3.8) is 0 Å². The minimum absolute atomic E-state index is 0. The Labute approximate surface area is 177 Å². The number of rotatable bonds is 8. The summed E-state index contributed by atoms with van der Waals surface area (Å²) >= 11 is 0. The lowest BCUT2D eigenvalue weighted by molar-refractivity contribution is 0.0264. The van der Waals surface area contributed by atoms with Gasteiger partial charge in [-0.25, -0.2) is 0 Å². The van der Waals surface area contributed by atoms with Gasteiger partial charge in [-0.1, -0.05) is 0 Å². The Kier molecular flexibility index (Phi) is 12.8. The molecule has 2 saturated heterocycles. The number of halogens is 1. The van der Waals surface area contributed by atoms with Gasteiger partial charge in [0.05, 0.1) is 6.10 Å². The number of nitrogens with zero attached hydrogens (tertiary/aromatic N) is 4. The van der Waals surface area contributed by atoms with Crippen LogP contribution in [0.4, 0.5) is 0 Å². The number of piperazine rings is 1. The van der Waals surface area contributed by atoms with Crippen LogP contribution in [0.1, 0.15) is 39.5 Å². The summed E-state index contributed by atoms with van der Waals surface area (Å²) in [6.07, 6.45) is 5.09. The number of unbranched alkanes of at least 4 members (excludes halogenated alkanes) is 1. The summed E-state index contributed by atoms with van der Waals surface area (Å²) in [6, 6.07) is 0. The van der Waals surface area contributed by atoms with Crippen molar-refractivity contribution in [2.24, 2.45) is 4.99 Å². The van der Waals surface area contributed by atoms with Gasteiger partial charge in [-0.2, -0.15) is 0 Å². The topological polar surface area (TPSA) is 43.3 Å². The predicted molar refractivity (Wildman–Crippen MR) is 121 cm³/mol. The largest absolute Gasteiger partial charge is 0.378 e. The van der Waals surface area contributed by atoms with Crippen LogP contribution in [0.25, 0.3) is 0 Å². The molecule has 0 atom stereocenters. The number of aliphatic imine (C=N–C) groups is 1. The highest BCUT2D eigenvalue weighted by Gasteiger charge is 2.21. The maximum atomic E-state index is 5.75. The maximum absolute atomic E-state index is 5.75. The quantitative estimate of drug-likeness (QED) is 0.249. The highest BCUT2D eigenvalue weighted by Crippen LogP contribution is 2.13. The lowest BCUT2D eigenvalue weighted by Crippen LogP contribution is -2.47. The van der Waals surface area contributed by atoms with E-state index in [0.29, 0.717) is 6.10 Å². The van der Waals surface area contributed by atoms with Crippen molar-refractivity contribution in [1.29, 1.82) is 0 Å². The molecule has 7 heteroatoms. The van der Waals surface area contributed by atoms with E-state index in [1.807, 2.05) is 0 Å². The number of likely N-dealkylation sites (tertiary alicyclic amines) is 1. The minimum atomic E-state index is 0.